The maximum Gasteiger partial charge on any atom is 0.401 e. The molecule has 3 aliphatic rings. The topological polar surface area (TPSA) is 66.6 Å². The van der Waals surface area contributed by atoms with Gasteiger partial charge in [0, 0.05) is 37.3 Å². The van der Waals surface area contributed by atoms with E-state index in [4.69, 9.17) is 9.47 Å². The lowest BCUT2D eigenvalue weighted by Crippen LogP contribution is -2.48. The minimum atomic E-state index is -4.11. The molecule has 1 aromatic carbocycles. The zero-order valence-electron chi connectivity index (χ0n) is 20.3. The number of aromatic nitrogens is 1. The molecule has 2 N–H and O–H groups in total. The predicted molar refractivity (Wildman–Crippen MR) is 127 cm³/mol. The maximum absolute atomic E-state index is 12.8. The van der Waals surface area contributed by atoms with Gasteiger partial charge in [0.2, 0.25) is 5.91 Å². The van der Waals surface area contributed by atoms with Gasteiger partial charge in [-0.25, -0.2) is 0 Å². The Bertz CT molecular complexity index is 1050. The predicted octanol–water partition coefficient (Wildman–Crippen LogP) is 5.21. The van der Waals surface area contributed by atoms with E-state index in [0.29, 0.717) is 37.5 Å². The summed E-state index contributed by atoms with van der Waals surface area (Å²) in [5, 5.41) is 3.97. The standard InChI is InChI=1S/C26H34F3N3O3/c1-25(10-20(11-25)34-2)24(33)31-23-12-30-22-4-3-19(9-21(22)23)35-6-5-16-7-17-13-32(14-18(17)8-16)15-26(27,28)29/h3-4,9,12,16-18,20,30H,5-8,10-11,13-15H2,1-2H3,(H,31,33)/t16-,17-,18+,20-,25-. The number of ether oxygens (including phenoxy) is 2. The van der Waals surface area contributed by atoms with E-state index < -0.39 is 18.1 Å². The van der Waals surface area contributed by atoms with Crippen LogP contribution >= 0.6 is 0 Å². The summed E-state index contributed by atoms with van der Waals surface area (Å²) in [6, 6.07) is 5.81. The van der Waals surface area contributed by atoms with Gasteiger partial charge in [0.1, 0.15) is 5.75 Å². The number of H-pyrrole nitrogens is 1. The van der Waals surface area contributed by atoms with E-state index in [0.717, 1.165) is 54.4 Å². The number of amides is 1. The van der Waals surface area contributed by atoms with Crippen LogP contribution in [0.5, 0.6) is 5.75 Å². The van der Waals surface area contributed by atoms with Crippen LogP contribution in [0.15, 0.2) is 24.4 Å². The largest absolute Gasteiger partial charge is 0.494 e. The van der Waals surface area contributed by atoms with Crippen LogP contribution in [0.2, 0.25) is 0 Å². The average molecular weight is 494 g/mol. The first kappa shape index (κ1) is 24.4. The van der Waals surface area contributed by atoms with Crippen molar-refractivity contribution in [2.75, 3.05) is 38.7 Å². The van der Waals surface area contributed by atoms with Gasteiger partial charge in [-0.15, -0.1) is 0 Å². The van der Waals surface area contributed by atoms with Crippen LogP contribution < -0.4 is 10.1 Å². The van der Waals surface area contributed by atoms with Crippen LogP contribution in [0.25, 0.3) is 10.9 Å². The van der Waals surface area contributed by atoms with Gasteiger partial charge in [-0.05, 0) is 68.1 Å². The van der Waals surface area contributed by atoms with Gasteiger partial charge in [-0.1, -0.05) is 6.92 Å². The number of fused-ring (bicyclic) bond motifs is 2. The van der Waals surface area contributed by atoms with Crippen molar-refractivity contribution in [1.82, 2.24) is 9.88 Å². The summed E-state index contributed by atoms with van der Waals surface area (Å²) < 4.78 is 49.4. The van der Waals surface area contributed by atoms with Crippen LogP contribution in [0.4, 0.5) is 18.9 Å². The Labute approximate surface area is 203 Å². The molecule has 1 aliphatic heterocycles. The van der Waals surface area contributed by atoms with Crippen molar-refractivity contribution in [1.29, 1.82) is 0 Å². The molecule has 2 aliphatic carbocycles. The normalized spacial score (nSPS) is 30.9. The second-order valence-corrected chi connectivity index (χ2v) is 11.0. The minimum absolute atomic E-state index is 0.00129. The number of halogens is 3. The lowest BCUT2D eigenvalue weighted by atomic mass is 9.67. The van der Waals surface area contributed by atoms with Gasteiger partial charge in [-0.2, -0.15) is 13.2 Å². The zero-order valence-corrected chi connectivity index (χ0v) is 20.3. The number of rotatable bonds is 8. The smallest absolute Gasteiger partial charge is 0.401 e. The number of carbonyl (C=O) groups is 1. The molecule has 9 heteroatoms. The second-order valence-electron chi connectivity index (χ2n) is 11.0. The van der Waals surface area contributed by atoms with E-state index in [1.165, 1.54) is 0 Å². The van der Waals surface area contributed by atoms with E-state index >= 15 is 0 Å². The van der Waals surface area contributed by atoms with E-state index in [-0.39, 0.29) is 12.0 Å². The monoisotopic (exact) mass is 493 g/mol. The summed E-state index contributed by atoms with van der Waals surface area (Å²) in [6.07, 6.45) is 2.15. The third kappa shape index (κ3) is 5.31. The SMILES string of the molecule is CO[C@H]1C[C@](C)(C(=O)Nc2c[nH]c3ccc(OCC[C@@H]4C[C@@H]5CN(CC(F)(F)F)C[C@@H]5C4)cc23)C1. The lowest BCUT2D eigenvalue weighted by molar-refractivity contribution is -0.144. The van der Waals surface area contributed by atoms with Crippen molar-refractivity contribution in [3.8, 4) is 5.75 Å². The molecule has 1 amide bonds. The maximum atomic E-state index is 12.8. The highest BCUT2D eigenvalue weighted by Gasteiger charge is 2.46. The lowest BCUT2D eigenvalue weighted by Gasteiger charge is -2.42. The van der Waals surface area contributed by atoms with Gasteiger partial charge >= 0.3 is 6.18 Å². The van der Waals surface area contributed by atoms with Gasteiger partial charge in [0.15, 0.2) is 0 Å². The Morgan fingerprint density at radius 1 is 1.23 bits per heavy atom. The van der Waals surface area contributed by atoms with E-state index in [1.807, 2.05) is 31.3 Å². The minimum Gasteiger partial charge on any atom is -0.494 e. The molecule has 5 rings (SSSR count). The average Bonchev–Trinajstić information content (AvgIpc) is 3.43. The van der Waals surface area contributed by atoms with Crippen LogP contribution in [-0.4, -0.2) is 61.4 Å². The van der Waals surface area contributed by atoms with Crippen molar-refractivity contribution in [3.05, 3.63) is 24.4 Å². The first-order valence-electron chi connectivity index (χ1n) is 12.5. The number of nitrogens with one attached hydrogen (secondary N) is 2. The van der Waals surface area contributed by atoms with Crippen LogP contribution in [0.1, 0.15) is 39.0 Å². The fourth-order valence-electron chi connectivity index (χ4n) is 6.35. The van der Waals surface area contributed by atoms with Crippen LogP contribution in [0, 0.1) is 23.2 Å². The van der Waals surface area contributed by atoms with Gasteiger partial charge in [0.05, 0.1) is 30.4 Å². The molecular weight excluding hydrogens is 459 g/mol. The molecule has 192 valence electrons. The number of hydrogen-bond donors (Lipinski definition) is 2. The zero-order chi connectivity index (χ0) is 24.8. The number of anilines is 1. The summed E-state index contributed by atoms with van der Waals surface area (Å²) in [4.78, 5) is 17.6. The molecule has 2 heterocycles. The number of benzene rings is 1. The molecule has 1 aromatic heterocycles. The van der Waals surface area contributed by atoms with Crippen LogP contribution in [-0.2, 0) is 9.53 Å². The third-order valence-corrected chi connectivity index (χ3v) is 8.26. The van der Waals surface area contributed by atoms with E-state index in [9.17, 15) is 18.0 Å². The van der Waals surface area contributed by atoms with E-state index in [1.54, 1.807) is 12.0 Å². The van der Waals surface area contributed by atoms with Crippen LogP contribution in [0.3, 0.4) is 0 Å². The highest BCUT2D eigenvalue weighted by molar-refractivity contribution is 6.04. The molecule has 0 radical (unpaired) electrons. The number of likely N-dealkylation sites (tertiary alicyclic amines) is 1. The molecule has 0 bridgehead atoms. The van der Waals surface area contributed by atoms with Crippen molar-refractivity contribution in [2.24, 2.45) is 23.2 Å². The molecule has 35 heavy (non-hydrogen) atoms. The number of aromatic amines is 1. The van der Waals surface area contributed by atoms with Gasteiger partial charge in [-0.3, -0.25) is 9.69 Å². The summed E-state index contributed by atoms with van der Waals surface area (Å²) in [7, 11) is 1.67. The molecule has 1 saturated heterocycles. The summed E-state index contributed by atoms with van der Waals surface area (Å²) in [5.41, 5.74) is 1.25. The molecular formula is C26H34F3N3O3. The Kier molecular flexibility index (Phi) is 6.50. The van der Waals surface area contributed by atoms with E-state index in [2.05, 4.69) is 10.3 Å². The van der Waals surface area contributed by atoms with Crippen molar-refractivity contribution < 1.29 is 27.4 Å². The summed E-state index contributed by atoms with van der Waals surface area (Å²) >= 11 is 0. The first-order chi connectivity index (χ1) is 16.6. The van der Waals surface area contributed by atoms with Gasteiger partial charge < -0.3 is 19.8 Å². The third-order valence-electron chi connectivity index (χ3n) is 8.26. The molecule has 3 fully saturated rings. The number of hydrogen-bond acceptors (Lipinski definition) is 4. The quantitative estimate of drug-likeness (QED) is 0.530. The summed E-state index contributed by atoms with van der Waals surface area (Å²) in [6.45, 7) is 2.87. The highest BCUT2D eigenvalue weighted by atomic mass is 19.4. The van der Waals surface area contributed by atoms with Gasteiger partial charge in [0.25, 0.3) is 0 Å². The fourth-order valence-corrected chi connectivity index (χ4v) is 6.35. The first-order valence-corrected chi connectivity index (χ1v) is 12.5. The Balaban J connectivity index is 1.11. The fraction of sp³-hybridized carbons (Fsp3) is 0.654. The molecule has 0 unspecified atom stereocenters. The number of alkyl halides is 3. The number of carbonyl (C=O) groups excluding carboxylic acids is 1. The molecule has 3 atom stereocenters. The molecule has 0 spiro atoms. The summed E-state index contributed by atoms with van der Waals surface area (Å²) in [5.74, 6) is 2.00. The number of nitrogens with zero attached hydrogens (tertiary/aromatic N) is 1. The van der Waals surface area contributed by atoms with Crippen molar-refractivity contribution in [3.63, 3.8) is 0 Å². The van der Waals surface area contributed by atoms with Crippen molar-refractivity contribution in [2.45, 2.75) is 51.3 Å². The molecule has 6 nitrogen and oxygen atoms in total. The molecule has 2 saturated carbocycles. The Hall–Kier alpha value is -2.26. The van der Waals surface area contributed by atoms with Crippen molar-refractivity contribution >= 4 is 22.5 Å². The highest BCUT2D eigenvalue weighted by Crippen LogP contribution is 2.44. The molecule has 2 aromatic rings. The number of methoxy groups -OCH3 is 1. The Morgan fingerprint density at radius 2 is 1.94 bits per heavy atom. The Morgan fingerprint density at radius 3 is 2.60 bits per heavy atom. The second kappa shape index (κ2) is 9.32.